The van der Waals surface area contributed by atoms with Gasteiger partial charge in [-0.1, -0.05) is 42.5 Å². The maximum atomic E-state index is 12.9. The number of hydrogen-bond acceptors (Lipinski definition) is 3. The molecule has 160 valence electrons. The molecule has 3 N–H and O–H groups in total. The van der Waals surface area contributed by atoms with Crippen LogP contribution in [0.5, 0.6) is 0 Å². The van der Waals surface area contributed by atoms with E-state index in [1.807, 2.05) is 25.1 Å². The Kier molecular flexibility index (Phi) is 7.45. The van der Waals surface area contributed by atoms with E-state index in [4.69, 9.17) is 23.2 Å². The van der Waals surface area contributed by atoms with Crippen LogP contribution in [0.15, 0.2) is 36.4 Å². The number of carbonyl (C=O) groups is 2. The minimum absolute atomic E-state index is 0.126. The van der Waals surface area contributed by atoms with Crippen LogP contribution in [0, 0.1) is 0 Å². The van der Waals surface area contributed by atoms with E-state index in [1.165, 1.54) is 6.42 Å². The number of urea groups is 1. The van der Waals surface area contributed by atoms with Crippen LogP contribution in [0.4, 0.5) is 21.9 Å². The van der Waals surface area contributed by atoms with Crippen molar-refractivity contribution in [2.45, 2.75) is 38.1 Å². The summed E-state index contributed by atoms with van der Waals surface area (Å²) in [6, 6.07) is 9.89. The number of halogens is 2. The standard InChI is InChI=1S/C22H26Cl2N4O2/c1-28(2)20-11-9-15(12-17(20)21(29)25-14-6-4-3-5-7-14)26-22(30)27-16-8-10-18(23)19(24)13-16/h8-14H,3-7H2,1-2H3,(H,25,29)(H2,26,27,30). The lowest BCUT2D eigenvalue weighted by atomic mass is 9.95. The molecular weight excluding hydrogens is 423 g/mol. The SMILES string of the molecule is CN(C)c1ccc(NC(=O)Nc2ccc(Cl)c(Cl)c2)cc1C(=O)NC1CCCCC1. The Hall–Kier alpha value is -2.44. The van der Waals surface area contributed by atoms with Crippen LogP contribution in [0.25, 0.3) is 0 Å². The summed E-state index contributed by atoms with van der Waals surface area (Å²) in [4.78, 5) is 27.2. The van der Waals surface area contributed by atoms with Crippen molar-refractivity contribution in [3.63, 3.8) is 0 Å². The van der Waals surface area contributed by atoms with Gasteiger partial charge in [-0.25, -0.2) is 4.79 Å². The fraction of sp³-hybridized carbons (Fsp3) is 0.364. The third-order valence-corrected chi connectivity index (χ3v) is 5.84. The molecule has 1 aliphatic carbocycles. The van der Waals surface area contributed by atoms with Gasteiger partial charge in [-0.05, 0) is 49.2 Å². The van der Waals surface area contributed by atoms with Gasteiger partial charge in [0.25, 0.3) is 5.91 Å². The van der Waals surface area contributed by atoms with Crippen molar-refractivity contribution in [3.05, 3.63) is 52.0 Å². The average Bonchev–Trinajstić information content (AvgIpc) is 2.71. The van der Waals surface area contributed by atoms with Crippen LogP contribution in [-0.4, -0.2) is 32.1 Å². The van der Waals surface area contributed by atoms with Gasteiger partial charge < -0.3 is 20.9 Å². The molecule has 2 aromatic rings. The van der Waals surface area contributed by atoms with Gasteiger partial charge in [0.05, 0.1) is 15.6 Å². The molecular formula is C22H26Cl2N4O2. The van der Waals surface area contributed by atoms with Gasteiger partial charge in [-0.15, -0.1) is 0 Å². The highest BCUT2D eigenvalue weighted by molar-refractivity contribution is 6.42. The van der Waals surface area contributed by atoms with E-state index in [0.717, 1.165) is 31.4 Å². The smallest absolute Gasteiger partial charge is 0.323 e. The van der Waals surface area contributed by atoms with Gasteiger partial charge in [0.2, 0.25) is 0 Å². The van der Waals surface area contributed by atoms with Crippen LogP contribution >= 0.6 is 23.2 Å². The maximum absolute atomic E-state index is 12.9. The van der Waals surface area contributed by atoms with Crippen molar-refractivity contribution in [1.29, 1.82) is 0 Å². The lowest BCUT2D eigenvalue weighted by molar-refractivity contribution is 0.0928. The molecule has 1 aliphatic rings. The van der Waals surface area contributed by atoms with E-state index < -0.39 is 6.03 Å². The number of amides is 3. The Balaban J connectivity index is 1.73. The number of hydrogen-bond donors (Lipinski definition) is 3. The molecule has 0 spiro atoms. The third kappa shape index (κ3) is 5.80. The van der Waals surface area contributed by atoms with E-state index in [1.54, 1.807) is 30.3 Å². The van der Waals surface area contributed by atoms with E-state index in [0.29, 0.717) is 27.0 Å². The summed E-state index contributed by atoms with van der Waals surface area (Å²) >= 11 is 11.9. The van der Waals surface area contributed by atoms with Gasteiger partial charge in [0, 0.05) is 37.2 Å². The summed E-state index contributed by atoms with van der Waals surface area (Å²) in [5.41, 5.74) is 2.35. The van der Waals surface area contributed by atoms with Gasteiger partial charge in [-0.3, -0.25) is 4.79 Å². The second-order valence-corrected chi connectivity index (χ2v) is 8.46. The first-order chi connectivity index (χ1) is 14.3. The Labute approximate surface area is 186 Å². The van der Waals surface area contributed by atoms with E-state index in [9.17, 15) is 9.59 Å². The first-order valence-electron chi connectivity index (χ1n) is 9.99. The molecule has 0 aromatic heterocycles. The summed E-state index contributed by atoms with van der Waals surface area (Å²) in [6.45, 7) is 0. The number of anilines is 3. The molecule has 1 saturated carbocycles. The van der Waals surface area contributed by atoms with Crippen molar-refractivity contribution in [2.24, 2.45) is 0 Å². The summed E-state index contributed by atoms with van der Waals surface area (Å²) in [5, 5.41) is 9.38. The molecule has 0 aliphatic heterocycles. The fourth-order valence-electron chi connectivity index (χ4n) is 3.56. The number of nitrogens with one attached hydrogen (secondary N) is 3. The van der Waals surface area contributed by atoms with Crippen molar-refractivity contribution >= 4 is 52.2 Å². The largest absolute Gasteiger partial charge is 0.377 e. The number of nitrogens with zero attached hydrogens (tertiary/aromatic N) is 1. The molecule has 30 heavy (non-hydrogen) atoms. The lowest BCUT2D eigenvalue weighted by Crippen LogP contribution is -2.36. The summed E-state index contributed by atoms with van der Waals surface area (Å²) in [7, 11) is 3.77. The minimum Gasteiger partial charge on any atom is -0.377 e. The van der Waals surface area contributed by atoms with Gasteiger partial charge in [0.15, 0.2) is 0 Å². The van der Waals surface area contributed by atoms with Crippen LogP contribution in [0.2, 0.25) is 10.0 Å². The zero-order valence-electron chi connectivity index (χ0n) is 17.1. The zero-order valence-corrected chi connectivity index (χ0v) is 18.6. The first-order valence-corrected chi connectivity index (χ1v) is 10.7. The van der Waals surface area contributed by atoms with Crippen molar-refractivity contribution < 1.29 is 9.59 Å². The van der Waals surface area contributed by atoms with E-state index in [-0.39, 0.29) is 11.9 Å². The van der Waals surface area contributed by atoms with E-state index >= 15 is 0 Å². The van der Waals surface area contributed by atoms with E-state index in [2.05, 4.69) is 16.0 Å². The average molecular weight is 449 g/mol. The number of benzene rings is 2. The van der Waals surface area contributed by atoms with Crippen LogP contribution in [0.1, 0.15) is 42.5 Å². The topological polar surface area (TPSA) is 73.5 Å². The summed E-state index contributed by atoms with van der Waals surface area (Å²) in [5.74, 6) is -0.126. The highest BCUT2D eigenvalue weighted by atomic mass is 35.5. The number of rotatable bonds is 5. The molecule has 0 heterocycles. The third-order valence-electron chi connectivity index (χ3n) is 5.10. The van der Waals surface area contributed by atoms with Crippen molar-refractivity contribution in [1.82, 2.24) is 5.32 Å². The molecule has 0 atom stereocenters. The molecule has 0 unspecified atom stereocenters. The van der Waals surface area contributed by atoms with Gasteiger partial charge in [-0.2, -0.15) is 0 Å². The van der Waals surface area contributed by atoms with Gasteiger partial charge >= 0.3 is 6.03 Å². The highest BCUT2D eigenvalue weighted by Crippen LogP contribution is 2.26. The Morgan fingerprint density at radius 3 is 2.17 bits per heavy atom. The lowest BCUT2D eigenvalue weighted by Gasteiger charge is -2.24. The predicted molar refractivity (Wildman–Crippen MR) is 124 cm³/mol. The molecule has 8 heteroatoms. The second kappa shape index (κ2) is 10.0. The summed E-state index contributed by atoms with van der Waals surface area (Å²) in [6.07, 6.45) is 5.52. The molecule has 1 fully saturated rings. The molecule has 0 saturated heterocycles. The van der Waals surface area contributed by atoms with Crippen LogP contribution < -0.4 is 20.9 Å². The normalized spacial score (nSPS) is 14.1. The van der Waals surface area contributed by atoms with Crippen LogP contribution in [0.3, 0.4) is 0 Å². The molecule has 6 nitrogen and oxygen atoms in total. The van der Waals surface area contributed by atoms with Gasteiger partial charge in [0.1, 0.15) is 0 Å². The van der Waals surface area contributed by atoms with Crippen molar-refractivity contribution in [3.8, 4) is 0 Å². The predicted octanol–water partition coefficient (Wildman–Crippen LogP) is 5.77. The first kappa shape index (κ1) is 22.2. The molecule has 2 aromatic carbocycles. The second-order valence-electron chi connectivity index (χ2n) is 7.64. The Bertz CT molecular complexity index is 927. The number of carbonyl (C=O) groups excluding carboxylic acids is 2. The maximum Gasteiger partial charge on any atom is 0.323 e. The van der Waals surface area contributed by atoms with Crippen LogP contribution in [-0.2, 0) is 0 Å². The monoisotopic (exact) mass is 448 g/mol. The minimum atomic E-state index is -0.440. The zero-order chi connectivity index (χ0) is 21.7. The Morgan fingerprint density at radius 1 is 0.900 bits per heavy atom. The Morgan fingerprint density at radius 2 is 1.53 bits per heavy atom. The highest BCUT2D eigenvalue weighted by Gasteiger charge is 2.20. The molecule has 0 radical (unpaired) electrons. The quantitative estimate of drug-likeness (QED) is 0.543. The summed E-state index contributed by atoms with van der Waals surface area (Å²) < 4.78 is 0. The molecule has 3 amide bonds. The fourth-order valence-corrected chi connectivity index (χ4v) is 3.86. The molecule has 0 bridgehead atoms. The van der Waals surface area contributed by atoms with Crippen molar-refractivity contribution in [2.75, 3.05) is 29.6 Å². The molecule has 3 rings (SSSR count).